The highest BCUT2D eigenvalue weighted by Crippen LogP contribution is 2.39. The number of fused-ring (bicyclic) bond motifs is 4. The minimum absolute atomic E-state index is 0.0176. The molecule has 0 saturated heterocycles. The Labute approximate surface area is 207 Å². The van der Waals surface area contributed by atoms with Crippen molar-refractivity contribution in [3.63, 3.8) is 0 Å². The number of para-hydroxylation sites is 1. The van der Waals surface area contributed by atoms with Crippen LogP contribution in [0.5, 0.6) is 11.5 Å². The third-order valence-electron chi connectivity index (χ3n) is 6.60. The second-order valence-electron chi connectivity index (χ2n) is 8.88. The topological polar surface area (TPSA) is 118 Å². The van der Waals surface area contributed by atoms with Crippen LogP contribution in [0.4, 0.5) is 10.5 Å². The quantitative estimate of drug-likeness (QED) is 0.318. The number of rotatable bonds is 5. The lowest BCUT2D eigenvalue weighted by molar-refractivity contribution is -0.116. The highest BCUT2D eigenvalue weighted by Gasteiger charge is 2.33. The number of aromatic amines is 1. The van der Waals surface area contributed by atoms with Crippen molar-refractivity contribution in [2.24, 2.45) is 5.73 Å². The zero-order chi connectivity index (χ0) is 24.6. The van der Waals surface area contributed by atoms with Crippen molar-refractivity contribution >= 4 is 34.5 Å². The molecule has 0 radical (unpaired) electrons. The number of ether oxygens (including phenoxy) is 2. The molecule has 4 aromatic rings. The molecular formula is C28H24N4O4. The highest BCUT2D eigenvalue weighted by molar-refractivity contribution is 5.99. The summed E-state index contributed by atoms with van der Waals surface area (Å²) in [5.41, 5.74) is 10.8. The Morgan fingerprint density at radius 2 is 1.81 bits per heavy atom. The van der Waals surface area contributed by atoms with Crippen LogP contribution in [0.15, 0.2) is 72.8 Å². The van der Waals surface area contributed by atoms with Crippen molar-refractivity contribution in [2.75, 3.05) is 12.1 Å². The number of urea groups is 1. The fourth-order valence-electron chi connectivity index (χ4n) is 4.89. The Balaban J connectivity index is 1.30. The van der Waals surface area contributed by atoms with E-state index in [1.165, 1.54) is 0 Å². The van der Waals surface area contributed by atoms with Gasteiger partial charge in [0.05, 0.1) is 12.1 Å². The fraction of sp³-hybridized carbons (Fsp3) is 0.143. The number of carbonyl (C=O) groups is 2. The molecule has 8 heteroatoms. The average molecular weight is 481 g/mol. The van der Waals surface area contributed by atoms with Crippen molar-refractivity contribution in [3.8, 4) is 11.5 Å². The van der Waals surface area contributed by atoms with Crippen LogP contribution >= 0.6 is 0 Å². The van der Waals surface area contributed by atoms with E-state index in [0.29, 0.717) is 17.9 Å². The predicted octanol–water partition coefficient (Wildman–Crippen LogP) is 4.27. The molecule has 6 rings (SSSR count). The first-order valence-electron chi connectivity index (χ1n) is 11.7. The maximum atomic E-state index is 13.3. The summed E-state index contributed by atoms with van der Waals surface area (Å²) in [5.74, 6) is 1.41. The van der Waals surface area contributed by atoms with Gasteiger partial charge in [-0.25, -0.2) is 4.79 Å². The Hall–Kier alpha value is -4.56. The molecule has 2 aliphatic rings. The zero-order valence-electron chi connectivity index (χ0n) is 19.3. The van der Waals surface area contributed by atoms with Gasteiger partial charge in [-0.1, -0.05) is 42.5 Å². The van der Waals surface area contributed by atoms with E-state index in [0.717, 1.165) is 39.0 Å². The summed E-state index contributed by atoms with van der Waals surface area (Å²) in [6.07, 6.45) is 3.95. The molecule has 0 saturated carbocycles. The number of primary amides is 1. The minimum atomic E-state index is -0.620. The van der Waals surface area contributed by atoms with Gasteiger partial charge in [0, 0.05) is 22.3 Å². The number of anilines is 1. The van der Waals surface area contributed by atoms with Gasteiger partial charge in [0.15, 0.2) is 17.3 Å². The molecule has 8 nitrogen and oxygen atoms in total. The number of aromatic nitrogens is 1. The first-order valence-corrected chi connectivity index (χ1v) is 11.7. The molecule has 180 valence electrons. The van der Waals surface area contributed by atoms with E-state index in [1.54, 1.807) is 24.3 Å². The molecule has 0 aliphatic carbocycles. The summed E-state index contributed by atoms with van der Waals surface area (Å²) < 4.78 is 11.1. The van der Waals surface area contributed by atoms with Crippen molar-refractivity contribution in [1.29, 1.82) is 0 Å². The first-order chi connectivity index (χ1) is 17.5. The van der Waals surface area contributed by atoms with E-state index in [1.807, 2.05) is 42.5 Å². The van der Waals surface area contributed by atoms with Gasteiger partial charge in [-0.15, -0.1) is 0 Å². The smallest absolute Gasteiger partial charge is 0.316 e. The van der Waals surface area contributed by atoms with Gasteiger partial charge in [-0.05, 0) is 59.5 Å². The van der Waals surface area contributed by atoms with Gasteiger partial charge in [0.1, 0.15) is 0 Å². The van der Waals surface area contributed by atoms with Gasteiger partial charge in [-0.3, -0.25) is 10.1 Å². The van der Waals surface area contributed by atoms with Gasteiger partial charge in [0.2, 0.25) is 6.79 Å². The van der Waals surface area contributed by atoms with E-state index < -0.39 is 12.1 Å². The van der Waals surface area contributed by atoms with Gasteiger partial charge >= 0.3 is 6.03 Å². The lowest BCUT2D eigenvalue weighted by Crippen LogP contribution is -2.44. The lowest BCUT2D eigenvalue weighted by Gasteiger charge is -2.30. The number of hydrogen-bond donors (Lipinski definition) is 4. The number of amides is 2. The molecule has 3 heterocycles. The summed E-state index contributed by atoms with van der Waals surface area (Å²) >= 11 is 0. The number of H-pyrrole nitrogens is 1. The number of nitrogens with two attached hydrogens (primary N) is 1. The molecule has 1 aromatic heterocycles. The lowest BCUT2D eigenvalue weighted by atomic mass is 9.88. The molecule has 2 aliphatic heterocycles. The number of nitrogens with one attached hydrogen (secondary N) is 3. The third kappa shape index (κ3) is 4.08. The van der Waals surface area contributed by atoms with Crippen LogP contribution in [-0.4, -0.2) is 29.6 Å². The first kappa shape index (κ1) is 21.9. The molecule has 5 N–H and O–H groups in total. The summed E-state index contributed by atoms with van der Waals surface area (Å²) in [7, 11) is 0. The van der Waals surface area contributed by atoms with E-state index in [9.17, 15) is 9.59 Å². The molecule has 2 atom stereocenters. The van der Waals surface area contributed by atoms with Crippen LogP contribution < -0.4 is 25.8 Å². The maximum absolute atomic E-state index is 13.3. The normalized spacial score (nSPS) is 18.3. The SMILES string of the molecule is NC(=O)Nc1ccc(C=CC(=O)C2Cc3c([nH]c4ccccc34)C(c3ccc4c(c3)OCO4)N2)cc1. The number of benzene rings is 3. The van der Waals surface area contributed by atoms with Gasteiger partial charge in [-0.2, -0.15) is 0 Å². The van der Waals surface area contributed by atoms with Gasteiger partial charge < -0.3 is 25.5 Å². The van der Waals surface area contributed by atoms with Crippen LogP contribution in [0.2, 0.25) is 0 Å². The Kier molecular flexibility index (Phi) is 5.42. The van der Waals surface area contributed by atoms with E-state index in [2.05, 4.69) is 27.8 Å². The van der Waals surface area contributed by atoms with Crippen molar-refractivity contribution < 1.29 is 19.1 Å². The maximum Gasteiger partial charge on any atom is 0.316 e. The fourth-order valence-corrected chi connectivity index (χ4v) is 4.89. The van der Waals surface area contributed by atoms with E-state index >= 15 is 0 Å². The molecular weight excluding hydrogens is 456 g/mol. The Morgan fingerprint density at radius 1 is 1.00 bits per heavy atom. The monoisotopic (exact) mass is 480 g/mol. The summed E-state index contributed by atoms with van der Waals surface area (Å²) in [6.45, 7) is 0.208. The van der Waals surface area contributed by atoms with Crippen LogP contribution in [0.25, 0.3) is 17.0 Å². The standard InChI is InChI=1S/C28H24N4O4/c29-28(34)30-18-9-5-16(6-10-18)7-11-23(33)22-14-20-19-3-1-2-4-21(19)31-27(20)26(32-22)17-8-12-24-25(13-17)36-15-35-24/h1-13,22,26,31-32H,14-15H2,(H3,29,30,34). The van der Waals surface area contributed by atoms with E-state index in [-0.39, 0.29) is 18.6 Å². The summed E-state index contributed by atoms with van der Waals surface area (Å²) in [4.78, 5) is 27.9. The molecule has 36 heavy (non-hydrogen) atoms. The third-order valence-corrected chi connectivity index (χ3v) is 6.60. The zero-order valence-corrected chi connectivity index (χ0v) is 19.3. The van der Waals surface area contributed by atoms with Crippen molar-refractivity contribution in [3.05, 3.63) is 95.2 Å². The average Bonchev–Trinajstić information content (AvgIpc) is 3.51. The molecule has 3 aromatic carbocycles. The molecule has 0 spiro atoms. The van der Waals surface area contributed by atoms with E-state index in [4.69, 9.17) is 15.2 Å². The van der Waals surface area contributed by atoms with Crippen molar-refractivity contribution in [2.45, 2.75) is 18.5 Å². The van der Waals surface area contributed by atoms with Crippen molar-refractivity contribution in [1.82, 2.24) is 10.3 Å². The summed E-state index contributed by atoms with van der Waals surface area (Å²) in [5, 5.41) is 7.20. The second kappa shape index (κ2) is 8.90. The summed E-state index contributed by atoms with van der Waals surface area (Å²) in [6, 6.07) is 19.9. The second-order valence-corrected chi connectivity index (χ2v) is 8.88. The van der Waals surface area contributed by atoms with Gasteiger partial charge in [0.25, 0.3) is 0 Å². The minimum Gasteiger partial charge on any atom is -0.454 e. The molecule has 0 fully saturated rings. The number of ketones is 1. The molecule has 0 bridgehead atoms. The highest BCUT2D eigenvalue weighted by atomic mass is 16.7. The Bertz CT molecular complexity index is 1510. The predicted molar refractivity (Wildman–Crippen MR) is 137 cm³/mol. The van der Waals surface area contributed by atoms with Crippen LogP contribution in [0.1, 0.15) is 28.4 Å². The number of carbonyl (C=O) groups excluding carboxylic acids is 2. The molecule has 2 amide bonds. The largest absolute Gasteiger partial charge is 0.454 e. The Morgan fingerprint density at radius 3 is 2.64 bits per heavy atom. The number of hydrogen-bond acceptors (Lipinski definition) is 5. The van der Waals surface area contributed by atoms with Crippen LogP contribution in [0.3, 0.4) is 0 Å². The van der Waals surface area contributed by atoms with Crippen LogP contribution in [-0.2, 0) is 11.2 Å². The van der Waals surface area contributed by atoms with Crippen LogP contribution in [0, 0.1) is 0 Å². The molecule has 2 unspecified atom stereocenters.